The predicted molar refractivity (Wildman–Crippen MR) is 60.6 cm³/mol. The summed E-state index contributed by atoms with van der Waals surface area (Å²) in [6.07, 6.45) is -0.908. The second kappa shape index (κ2) is 3.49. The maximum absolute atomic E-state index is 11.6. The molecule has 1 N–H and O–H groups in total. The Hall–Kier alpha value is -1.55. The Balaban J connectivity index is 2.28. The van der Waals surface area contributed by atoms with Crippen LogP contribution in [0.15, 0.2) is 24.3 Å². The number of anilines is 1. The Morgan fingerprint density at radius 2 is 1.88 bits per heavy atom. The minimum atomic E-state index is -0.908. The van der Waals surface area contributed by atoms with Crippen molar-refractivity contribution in [2.45, 2.75) is 25.5 Å². The summed E-state index contributed by atoms with van der Waals surface area (Å²) >= 11 is 0. The zero-order chi connectivity index (χ0) is 11.9. The van der Waals surface area contributed by atoms with Gasteiger partial charge in [-0.2, -0.15) is 0 Å². The number of aliphatic hydroxyl groups excluding tert-OH is 1. The van der Waals surface area contributed by atoms with Gasteiger partial charge in [-0.25, -0.2) is 0 Å². The molecule has 1 fully saturated rings. The summed E-state index contributed by atoms with van der Waals surface area (Å²) in [5.41, 5.74) is 0.243. The van der Waals surface area contributed by atoms with Crippen molar-refractivity contribution in [2.24, 2.45) is 0 Å². The summed E-state index contributed by atoms with van der Waals surface area (Å²) in [7, 11) is 1.59. The van der Waals surface area contributed by atoms with Crippen LogP contribution in [-0.4, -0.2) is 29.8 Å². The number of methoxy groups -OCH3 is 1. The zero-order valence-corrected chi connectivity index (χ0v) is 9.60. The molecule has 0 aliphatic carbocycles. The zero-order valence-electron chi connectivity index (χ0n) is 9.60. The first-order chi connectivity index (χ1) is 7.48. The standard InChI is InChI=1S/C12H15NO3/c1-12(2)10(14)11(15)13(12)8-4-6-9(16-3)7-5-8/h4-7,10,14H,1-3H3/t10-/m0/s1. The van der Waals surface area contributed by atoms with Crippen LogP contribution in [0.1, 0.15) is 13.8 Å². The molecule has 0 radical (unpaired) electrons. The van der Waals surface area contributed by atoms with Crippen LogP contribution >= 0.6 is 0 Å². The van der Waals surface area contributed by atoms with Crippen molar-refractivity contribution in [3.8, 4) is 5.75 Å². The topological polar surface area (TPSA) is 49.8 Å². The molecule has 2 rings (SSSR count). The van der Waals surface area contributed by atoms with E-state index >= 15 is 0 Å². The average Bonchev–Trinajstić information content (AvgIpc) is 2.29. The third-order valence-electron chi connectivity index (χ3n) is 3.03. The largest absolute Gasteiger partial charge is 0.497 e. The fraction of sp³-hybridized carbons (Fsp3) is 0.417. The van der Waals surface area contributed by atoms with Gasteiger partial charge in [-0.3, -0.25) is 4.79 Å². The second-order valence-electron chi connectivity index (χ2n) is 4.43. The molecule has 1 aromatic rings. The molecule has 0 aromatic heterocycles. The number of carbonyl (C=O) groups is 1. The van der Waals surface area contributed by atoms with Crippen LogP contribution in [0.2, 0.25) is 0 Å². The van der Waals surface area contributed by atoms with Gasteiger partial charge in [0.25, 0.3) is 5.91 Å². The van der Waals surface area contributed by atoms with Gasteiger partial charge in [-0.05, 0) is 38.1 Å². The Labute approximate surface area is 94.4 Å². The monoisotopic (exact) mass is 221 g/mol. The molecule has 0 saturated carbocycles. The van der Waals surface area contributed by atoms with E-state index < -0.39 is 11.6 Å². The second-order valence-corrected chi connectivity index (χ2v) is 4.43. The summed E-state index contributed by atoms with van der Waals surface area (Å²) in [6, 6.07) is 7.21. The number of ether oxygens (including phenoxy) is 1. The van der Waals surface area contributed by atoms with Crippen molar-refractivity contribution in [2.75, 3.05) is 12.0 Å². The Morgan fingerprint density at radius 1 is 1.31 bits per heavy atom. The fourth-order valence-electron chi connectivity index (χ4n) is 1.96. The Kier molecular flexibility index (Phi) is 2.39. The molecule has 16 heavy (non-hydrogen) atoms. The van der Waals surface area contributed by atoms with E-state index in [4.69, 9.17) is 4.74 Å². The number of rotatable bonds is 2. The van der Waals surface area contributed by atoms with Crippen molar-refractivity contribution in [1.82, 2.24) is 0 Å². The molecule has 0 bridgehead atoms. The van der Waals surface area contributed by atoms with E-state index in [-0.39, 0.29) is 5.91 Å². The number of carbonyl (C=O) groups excluding carboxylic acids is 1. The first kappa shape index (κ1) is 11.0. The van der Waals surface area contributed by atoms with Gasteiger partial charge < -0.3 is 14.7 Å². The lowest BCUT2D eigenvalue weighted by Crippen LogP contribution is -2.72. The van der Waals surface area contributed by atoms with Crippen LogP contribution in [-0.2, 0) is 4.79 Å². The first-order valence-corrected chi connectivity index (χ1v) is 5.14. The maximum Gasteiger partial charge on any atom is 0.258 e. The lowest BCUT2D eigenvalue weighted by atomic mass is 9.84. The smallest absolute Gasteiger partial charge is 0.258 e. The highest BCUT2D eigenvalue weighted by molar-refractivity contribution is 6.06. The summed E-state index contributed by atoms with van der Waals surface area (Å²) in [5.74, 6) is 0.491. The normalized spacial score (nSPS) is 22.9. The van der Waals surface area contributed by atoms with E-state index in [9.17, 15) is 9.90 Å². The highest BCUT2D eigenvalue weighted by Gasteiger charge is 2.53. The van der Waals surface area contributed by atoms with Gasteiger partial charge in [0, 0.05) is 5.69 Å². The molecule has 1 aliphatic rings. The molecule has 1 atom stereocenters. The Morgan fingerprint density at radius 3 is 2.31 bits per heavy atom. The van der Waals surface area contributed by atoms with Crippen LogP contribution in [0.3, 0.4) is 0 Å². The summed E-state index contributed by atoms with van der Waals surface area (Å²) < 4.78 is 5.05. The number of aliphatic hydroxyl groups is 1. The van der Waals surface area contributed by atoms with Gasteiger partial charge in [-0.1, -0.05) is 0 Å². The molecule has 0 unspecified atom stereocenters. The van der Waals surface area contributed by atoms with E-state index in [1.165, 1.54) is 0 Å². The predicted octanol–water partition coefficient (Wildman–Crippen LogP) is 1.18. The number of nitrogens with zero attached hydrogens (tertiary/aromatic N) is 1. The van der Waals surface area contributed by atoms with Crippen molar-refractivity contribution in [1.29, 1.82) is 0 Å². The molecule has 4 nitrogen and oxygen atoms in total. The molecule has 0 spiro atoms. The SMILES string of the molecule is COc1ccc(N2C(=O)[C@H](O)C2(C)C)cc1. The number of benzene rings is 1. The lowest BCUT2D eigenvalue weighted by molar-refractivity contribution is -0.141. The first-order valence-electron chi connectivity index (χ1n) is 5.14. The number of amides is 1. The van der Waals surface area contributed by atoms with Gasteiger partial charge in [0.1, 0.15) is 5.75 Å². The van der Waals surface area contributed by atoms with Crippen LogP contribution in [0.25, 0.3) is 0 Å². The van der Waals surface area contributed by atoms with Gasteiger partial charge in [0.2, 0.25) is 0 Å². The molecule has 4 heteroatoms. The van der Waals surface area contributed by atoms with Crippen LogP contribution in [0.4, 0.5) is 5.69 Å². The summed E-state index contributed by atoms with van der Waals surface area (Å²) in [5, 5.41) is 9.56. The quantitative estimate of drug-likeness (QED) is 0.763. The summed E-state index contributed by atoms with van der Waals surface area (Å²) in [6.45, 7) is 3.67. The Bertz CT molecular complexity index is 411. The van der Waals surface area contributed by atoms with E-state index in [0.717, 1.165) is 11.4 Å². The van der Waals surface area contributed by atoms with Crippen molar-refractivity contribution in [3.63, 3.8) is 0 Å². The van der Waals surface area contributed by atoms with Gasteiger partial charge in [0.05, 0.1) is 12.6 Å². The van der Waals surface area contributed by atoms with E-state index in [1.54, 1.807) is 24.1 Å². The van der Waals surface area contributed by atoms with Crippen LogP contribution < -0.4 is 9.64 Å². The molecule has 1 amide bonds. The molecular weight excluding hydrogens is 206 g/mol. The van der Waals surface area contributed by atoms with Gasteiger partial charge in [-0.15, -0.1) is 0 Å². The van der Waals surface area contributed by atoms with Crippen LogP contribution in [0, 0.1) is 0 Å². The third kappa shape index (κ3) is 1.38. The van der Waals surface area contributed by atoms with Gasteiger partial charge in [0.15, 0.2) is 6.10 Å². The third-order valence-corrected chi connectivity index (χ3v) is 3.03. The molecule has 86 valence electrons. The highest BCUT2D eigenvalue weighted by atomic mass is 16.5. The minimum Gasteiger partial charge on any atom is -0.497 e. The van der Waals surface area contributed by atoms with E-state index in [0.29, 0.717) is 0 Å². The summed E-state index contributed by atoms with van der Waals surface area (Å²) in [4.78, 5) is 13.2. The average molecular weight is 221 g/mol. The fourth-order valence-corrected chi connectivity index (χ4v) is 1.96. The molecular formula is C12H15NO3. The van der Waals surface area contributed by atoms with Crippen molar-refractivity contribution < 1.29 is 14.6 Å². The maximum atomic E-state index is 11.6. The molecule has 1 heterocycles. The van der Waals surface area contributed by atoms with Crippen molar-refractivity contribution in [3.05, 3.63) is 24.3 Å². The number of hydrogen-bond acceptors (Lipinski definition) is 3. The molecule has 1 saturated heterocycles. The van der Waals surface area contributed by atoms with E-state index in [2.05, 4.69) is 0 Å². The van der Waals surface area contributed by atoms with E-state index in [1.807, 2.05) is 26.0 Å². The number of β-lactam (4-membered cyclic amide) rings is 1. The van der Waals surface area contributed by atoms with Crippen LogP contribution in [0.5, 0.6) is 5.75 Å². The number of hydrogen-bond donors (Lipinski definition) is 1. The lowest BCUT2D eigenvalue weighted by Gasteiger charge is -2.51. The van der Waals surface area contributed by atoms with Crippen molar-refractivity contribution >= 4 is 11.6 Å². The highest BCUT2D eigenvalue weighted by Crippen LogP contribution is 2.37. The minimum absolute atomic E-state index is 0.254. The molecule has 1 aliphatic heterocycles. The van der Waals surface area contributed by atoms with Gasteiger partial charge >= 0.3 is 0 Å². The molecule has 1 aromatic carbocycles.